The smallest absolute Gasteiger partial charge is 0.180 e. The fourth-order valence-corrected chi connectivity index (χ4v) is 3.43. The molecule has 0 atom stereocenters. The summed E-state index contributed by atoms with van der Waals surface area (Å²) in [6.07, 6.45) is 6.91. The topological polar surface area (TPSA) is 85.2 Å². The molecule has 0 unspecified atom stereocenters. The molecule has 1 N–H and O–H groups in total. The Kier molecular flexibility index (Phi) is 6.08. The third kappa shape index (κ3) is 4.35. The van der Waals surface area contributed by atoms with Crippen LogP contribution in [0.2, 0.25) is 0 Å². The molecule has 0 aliphatic carbocycles. The number of aromatic nitrogens is 7. The van der Waals surface area contributed by atoms with E-state index in [1.54, 1.807) is 0 Å². The molecule has 0 fully saturated rings. The number of aromatic amines is 1. The van der Waals surface area contributed by atoms with E-state index < -0.39 is 0 Å². The highest BCUT2D eigenvalue weighted by atomic mass is 15.5. The summed E-state index contributed by atoms with van der Waals surface area (Å²) in [5.41, 5.74) is 4.36. The highest BCUT2D eigenvalue weighted by Crippen LogP contribution is 2.29. The third-order valence-electron chi connectivity index (χ3n) is 4.93. The molecule has 2 aromatic heterocycles. The van der Waals surface area contributed by atoms with E-state index in [-0.39, 0.29) is 0 Å². The fourth-order valence-electron chi connectivity index (χ4n) is 3.43. The van der Waals surface area contributed by atoms with E-state index in [0.29, 0.717) is 12.4 Å². The summed E-state index contributed by atoms with van der Waals surface area (Å²) in [7, 11) is 0. The standard InChI is InChI=1S/C23H25N7/c1-3-5-11-22-24-21(8-4-2)27-30(22)16-17-12-14-18(15-13-17)19-9-6-7-10-20(19)23-25-28-29-26-23/h3,5-7,9-10,12-15H,4,8,11,16H2,1-2H3,(H,25,26,28,29)/b5-3+. The second-order valence-electron chi connectivity index (χ2n) is 7.12. The number of rotatable bonds is 8. The lowest BCUT2D eigenvalue weighted by Gasteiger charge is -2.09. The van der Waals surface area contributed by atoms with Crippen LogP contribution in [0.25, 0.3) is 22.5 Å². The third-order valence-corrected chi connectivity index (χ3v) is 4.93. The number of allylic oxidation sites excluding steroid dienone is 2. The van der Waals surface area contributed by atoms with Crippen LogP contribution in [0.3, 0.4) is 0 Å². The molecule has 7 heteroatoms. The number of nitrogens with one attached hydrogen (secondary N) is 1. The van der Waals surface area contributed by atoms with Gasteiger partial charge in [0.05, 0.1) is 6.54 Å². The van der Waals surface area contributed by atoms with Gasteiger partial charge in [-0.15, -0.1) is 5.10 Å². The molecular weight excluding hydrogens is 374 g/mol. The maximum atomic E-state index is 4.72. The predicted octanol–water partition coefficient (Wildman–Crippen LogP) is 4.24. The van der Waals surface area contributed by atoms with Crippen molar-refractivity contribution < 1.29 is 0 Å². The van der Waals surface area contributed by atoms with Crippen LogP contribution in [0.15, 0.2) is 60.7 Å². The zero-order valence-corrected chi connectivity index (χ0v) is 17.3. The van der Waals surface area contributed by atoms with E-state index in [4.69, 9.17) is 10.1 Å². The normalized spacial score (nSPS) is 11.4. The molecule has 0 radical (unpaired) electrons. The molecule has 2 aromatic carbocycles. The van der Waals surface area contributed by atoms with Gasteiger partial charge >= 0.3 is 0 Å². The van der Waals surface area contributed by atoms with Gasteiger partial charge in [0.1, 0.15) is 5.82 Å². The Bertz CT molecular complexity index is 1110. The van der Waals surface area contributed by atoms with Crippen LogP contribution in [0, 0.1) is 0 Å². The highest BCUT2D eigenvalue weighted by molar-refractivity contribution is 5.80. The molecule has 7 nitrogen and oxygen atoms in total. The second kappa shape index (κ2) is 9.26. The molecule has 0 amide bonds. The van der Waals surface area contributed by atoms with Gasteiger partial charge in [0.15, 0.2) is 11.6 Å². The van der Waals surface area contributed by atoms with E-state index >= 15 is 0 Å². The van der Waals surface area contributed by atoms with Gasteiger partial charge in [-0.3, -0.25) is 0 Å². The number of nitrogens with zero attached hydrogens (tertiary/aromatic N) is 6. The Hall–Kier alpha value is -3.61. The first kappa shape index (κ1) is 19.7. The van der Waals surface area contributed by atoms with Crippen LogP contribution in [0.5, 0.6) is 0 Å². The van der Waals surface area contributed by atoms with Gasteiger partial charge in [0.2, 0.25) is 0 Å². The van der Waals surface area contributed by atoms with E-state index in [9.17, 15) is 0 Å². The molecule has 0 aliphatic heterocycles. The summed E-state index contributed by atoms with van der Waals surface area (Å²) in [6, 6.07) is 16.7. The summed E-state index contributed by atoms with van der Waals surface area (Å²) in [5, 5.41) is 19.0. The van der Waals surface area contributed by atoms with Crippen molar-refractivity contribution >= 4 is 0 Å². The van der Waals surface area contributed by atoms with Gasteiger partial charge in [0, 0.05) is 18.4 Å². The van der Waals surface area contributed by atoms with Crippen molar-refractivity contribution in [3.05, 3.63) is 77.9 Å². The predicted molar refractivity (Wildman–Crippen MR) is 117 cm³/mol. The van der Waals surface area contributed by atoms with Crippen molar-refractivity contribution in [2.45, 2.75) is 39.7 Å². The second-order valence-corrected chi connectivity index (χ2v) is 7.12. The van der Waals surface area contributed by atoms with Crippen LogP contribution in [-0.2, 0) is 19.4 Å². The monoisotopic (exact) mass is 399 g/mol. The Morgan fingerprint density at radius 1 is 1.03 bits per heavy atom. The molecule has 2 heterocycles. The molecule has 30 heavy (non-hydrogen) atoms. The lowest BCUT2D eigenvalue weighted by atomic mass is 9.98. The Labute approximate surface area is 175 Å². The van der Waals surface area contributed by atoms with Crippen LogP contribution >= 0.6 is 0 Å². The minimum absolute atomic E-state index is 0.661. The van der Waals surface area contributed by atoms with Gasteiger partial charge in [-0.2, -0.15) is 5.10 Å². The Morgan fingerprint density at radius 3 is 2.53 bits per heavy atom. The summed E-state index contributed by atoms with van der Waals surface area (Å²) in [4.78, 5) is 4.72. The lowest BCUT2D eigenvalue weighted by molar-refractivity contribution is 0.640. The molecular formula is C23H25N7. The van der Waals surface area contributed by atoms with E-state index in [2.05, 4.69) is 70.0 Å². The number of hydrogen-bond acceptors (Lipinski definition) is 5. The minimum atomic E-state index is 0.661. The summed E-state index contributed by atoms with van der Waals surface area (Å²) in [5.74, 6) is 2.58. The first-order valence-corrected chi connectivity index (χ1v) is 10.2. The first-order chi connectivity index (χ1) is 14.8. The number of H-pyrrole nitrogens is 1. The maximum absolute atomic E-state index is 4.72. The summed E-state index contributed by atoms with van der Waals surface area (Å²) < 4.78 is 2.02. The summed E-state index contributed by atoms with van der Waals surface area (Å²) in [6.45, 7) is 4.88. The SMILES string of the molecule is C/C=C/Cc1nc(CCC)nn1Cc1ccc(-c2ccccc2-c2nnn[nH]2)cc1. The average Bonchev–Trinajstić information content (AvgIpc) is 3.44. The molecule has 4 rings (SSSR count). The molecule has 152 valence electrons. The average molecular weight is 400 g/mol. The van der Waals surface area contributed by atoms with Crippen LogP contribution in [0.1, 0.15) is 37.5 Å². The van der Waals surface area contributed by atoms with Crippen molar-refractivity contribution in [1.29, 1.82) is 0 Å². The summed E-state index contributed by atoms with van der Waals surface area (Å²) >= 11 is 0. The first-order valence-electron chi connectivity index (χ1n) is 10.2. The minimum Gasteiger partial charge on any atom is -0.245 e. The van der Waals surface area contributed by atoms with Gasteiger partial charge in [-0.1, -0.05) is 67.6 Å². The van der Waals surface area contributed by atoms with Gasteiger partial charge in [-0.25, -0.2) is 14.8 Å². The molecule has 0 spiro atoms. The molecule has 0 saturated carbocycles. The van der Waals surface area contributed by atoms with Crippen molar-refractivity contribution in [1.82, 2.24) is 35.4 Å². The highest BCUT2D eigenvalue weighted by Gasteiger charge is 2.11. The Morgan fingerprint density at radius 2 is 1.83 bits per heavy atom. The molecule has 0 saturated heterocycles. The molecule has 0 bridgehead atoms. The number of tetrazole rings is 1. The van der Waals surface area contributed by atoms with Crippen molar-refractivity contribution in [3.8, 4) is 22.5 Å². The van der Waals surface area contributed by atoms with Crippen LogP contribution in [-0.4, -0.2) is 35.4 Å². The number of aryl methyl sites for hydroxylation is 1. The quantitative estimate of drug-likeness (QED) is 0.448. The largest absolute Gasteiger partial charge is 0.245 e. The van der Waals surface area contributed by atoms with E-state index in [0.717, 1.165) is 47.6 Å². The Balaban J connectivity index is 1.59. The number of hydrogen-bond donors (Lipinski definition) is 1. The maximum Gasteiger partial charge on any atom is 0.180 e. The molecule has 0 aliphatic rings. The van der Waals surface area contributed by atoms with Crippen molar-refractivity contribution in [2.75, 3.05) is 0 Å². The zero-order valence-electron chi connectivity index (χ0n) is 17.3. The zero-order chi connectivity index (χ0) is 20.8. The lowest BCUT2D eigenvalue weighted by Crippen LogP contribution is -2.06. The van der Waals surface area contributed by atoms with Gasteiger partial charge in [-0.05, 0) is 40.5 Å². The van der Waals surface area contributed by atoms with E-state index in [1.165, 1.54) is 5.56 Å². The van der Waals surface area contributed by atoms with Crippen molar-refractivity contribution in [3.63, 3.8) is 0 Å². The van der Waals surface area contributed by atoms with Crippen molar-refractivity contribution in [2.24, 2.45) is 0 Å². The van der Waals surface area contributed by atoms with E-state index in [1.807, 2.05) is 29.8 Å². The number of benzene rings is 2. The van der Waals surface area contributed by atoms with Crippen LogP contribution in [0.4, 0.5) is 0 Å². The van der Waals surface area contributed by atoms with Gasteiger partial charge in [0.25, 0.3) is 0 Å². The fraction of sp³-hybridized carbons (Fsp3) is 0.261. The van der Waals surface area contributed by atoms with Crippen LogP contribution < -0.4 is 0 Å². The molecule has 4 aromatic rings. The van der Waals surface area contributed by atoms with Gasteiger partial charge < -0.3 is 0 Å².